The number of hydrogen-bond acceptors (Lipinski definition) is 7. The summed E-state index contributed by atoms with van der Waals surface area (Å²) in [5, 5.41) is 17.7. The maximum atomic E-state index is 12.8. The molecular formula is C30H21F3N8O. The van der Waals surface area contributed by atoms with Crippen LogP contribution in [-0.4, -0.2) is 30.6 Å². The minimum atomic E-state index is -4.48. The number of alkyl halides is 3. The first-order chi connectivity index (χ1) is 20.2. The molecule has 0 atom stereocenters. The Morgan fingerprint density at radius 3 is 2.45 bits per heavy atom. The van der Waals surface area contributed by atoms with E-state index in [4.69, 9.17) is 10.8 Å². The summed E-state index contributed by atoms with van der Waals surface area (Å²) < 4.78 is 40.1. The Morgan fingerprint density at radius 1 is 1.05 bits per heavy atom. The van der Waals surface area contributed by atoms with Gasteiger partial charge in [0, 0.05) is 23.0 Å². The normalized spacial score (nSPS) is 13.6. The zero-order valence-electron chi connectivity index (χ0n) is 21.8. The Bertz CT molecular complexity index is 1880. The highest BCUT2D eigenvalue weighted by Crippen LogP contribution is 2.35. The number of fused-ring (bicyclic) bond motifs is 1. The van der Waals surface area contributed by atoms with Gasteiger partial charge in [-0.25, -0.2) is 14.6 Å². The minimum absolute atomic E-state index is 0.0880. The summed E-state index contributed by atoms with van der Waals surface area (Å²) >= 11 is 0. The lowest BCUT2D eigenvalue weighted by molar-refractivity contribution is -0.137. The number of amides is 1. The van der Waals surface area contributed by atoms with Crippen molar-refractivity contribution in [3.8, 4) is 23.0 Å². The molecule has 1 fully saturated rings. The van der Waals surface area contributed by atoms with E-state index < -0.39 is 17.6 Å². The molecule has 0 radical (unpaired) electrons. The van der Waals surface area contributed by atoms with Crippen LogP contribution in [0.3, 0.4) is 0 Å². The number of anilines is 2. The molecule has 42 heavy (non-hydrogen) atoms. The molecule has 0 bridgehead atoms. The Labute approximate surface area is 237 Å². The number of aromatic nitrogens is 5. The van der Waals surface area contributed by atoms with E-state index in [0.717, 1.165) is 37.1 Å². The van der Waals surface area contributed by atoms with Crippen LogP contribution in [0.4, 0.5) is 24.7 Å². The van der Waals surface area contributed by atoms with Gasteiger partial charge >= 0.3 is 6.18 Å². The number of hydrogen-bond donors (Lipinski definition) is 2. The van der Waals surface area contributed by atoms with E-state index in [9.17, 15) is 23.2 Å². The van der Waals surface area contributed by atoms with Crippen molar-refractivity contribution in [3.63, 3.8) is 0 Å². The van der Waals surface area contributed by atoms with Gasteiger partial charge < -0.3 is 11.1 Å². The fourth-order valence-corrected chi connectivity index (χ4v) is 4.46. The number of carbonyl (C=O) groups is 1. The van der Waals surface area contributed by atoms with E-state index in [-0.39, 0.29) is 11.4 Å². The number of halogens is 3. The molecule has 1 aliphatic carbocycles. The Kier molecular flexibility index (Phi) is 6.62. The van der Waals surface area contributed by atoms with E-state index >= 15 is 0 Å². The molecule has 1 amide bonds. The first kappa shape index (κ1) is 26.6. The SMILES string of the molecule is N#C/C(=C\C1CC1)c1cc(-n2nc(-c3ccc(NC(=O)c4ccc(C(F)(F)F)cc4)cc3)c3c(N)ncnc32)ccn1. The second-order valence-corrected chi connectivity index (χ2v) is 9.75. The fraction of sp³-hybridized carbons (Fsp3) is 0.133. The third-order valence-corrected chi connectivity index (χ3v) is 6.79. The maximum Gasteiger partial charge on any atom is 0.416 e. The monoisotopic (exact) mass is 566 g/mol. The zero-order valence-corrected chi connectivity index (χ0v) is 21.8. The molecule has 3 heterocycles. The molecule has 1 saturated carbocycles. The van der Waals surface area contributed by atoms with Gasteiger partial charge in [0.2, 0.25) is 0 Å². The van der Waals surface area contributed by atoms with Gasteiger partial charge in [0.25, 0.3) is 5.91 Å². The molecule has 1 aliphatic rings. The second kappa shape index (κ2) is 10.4. The Morgan fingerprint density at radius 2 is 1.79 bits per heavy atom. The number of nitrogens with zero attached hydrogens (tertiary/aromatic N) is 6. The van der Waals surface area contributed by atoms with Crippen LogP contribution in [-0.2, 0) is 6.18 Å². The van der Waals surface area contributed by atoms with Gasteiger partial charge in [-0.15, -0.1) is 0 Å². The van der Waals surface area contributed by atoms with E-state index in [2.05, 4.69) is 26.3 Å². The van der Waals surface area contributed by atoms with Crippen molar-refractivity contribution in [1.82, 2.24) is 24.7 Å². The van der Waals surface area contributed by atoms with Crippen molar-refractivity contribution >= 4 is 34.0 Å². The number of carbonyl (C=O) groups excluding carboxylic acids is 1. The Balaban J connectivity index is 1.30. The highest BCUT2D eigenvalue weighted by atomic mass is 19.4. The molecule has 0 aliphatic heterocycles. The summed E-state index contributed by atoms with van der Waals surface area (Å²) in [5.74, 6) is 0.0730. The molecule has 5 aromatic rings. The zero-order chi connectivity index (χ0) is 29.4. The van der Waals surface area contributed by atoms with Gasteiger partial charge in [-0.2, -0.15) is 23.5 Å². The molecule has 2 aromatic carbocycles. The fourth-order valence-electron chi connectivity index (χ4n) is 4.46. The van der Waals surface area contributed by atoms with Gasteiger partial charge in [0.05, 0.1) is 27.9 Å². The van der Waals surface area contributed by atoms with Crippen molar-refractivity contribution in [2.24, 2.45) is 5.92 Å². The average molecular weight is 567 g/mol. The summed E-state index contributed by atoms with van der Waals surface area (Å²) in [6.45, 7) is 0. The van der Waals surface area contributed by atoms with Crippen LogP contribution < -0.4 is 11.1 Å². The van der Waals surface area contributed by atoms with Gasteiger partial charge in [0.1, 0.15) is 23.9 Å². The molecule has 0 saturated heterocycles. The number of nitrogens with two attached hydrogens (primary N) is 1. The lowest BCUT2D eigenvalue weighted by Crippen LogP contribution is -2.12. The quantitative estimate of drug-likeness (QED) is 0.239. The van der Waals surface area contributed by atoms with Crippen molar-refractivity contribution in [1.29, 1.82) is 5.26 Å². The molecule has 0 unspecified atom stereocenters. The van der Waals surface area contributed by atoms with E-state index in [1.807, 2.05) is 6.08 Å². The summed E-state index contributed by atoms with van der Waals surface area (Å²) in [5.41, 5.74) is 9.21. The Hall–Kier alpha value is -5.57. The van der Waals surface area contributed by atoms with Gasteiger partial charge in [-0.05, 0) is 67.3 Å². The largest absolute Gasteiger partial charge is 0.416 e. The maximum absolute atomic E-state index is 12.8. The van der Waals surface area contributed by atoms with Crippen LogP contribution in [0.25, 0.3) is 33.6 Å². The van der Waals surface area contributed by atoms with Gasteiger partial charge in [-0.1, -0.05) is 18.2 Å². The van der Waals surface area contributed by atoms with E-state index in [0.29, 0.717) is 50.9 Å². The number of nitrogen functional groups attached to an aromatic ring is 1. The van der Waals surface area contributed by atoms with Gasteiger partial charge in [0.15, 0.2) is 5.65 Å². The lowest BCUT2D eigenvalue weighted by Gasteiger charge is -2.09. The molecule has 9 nitrogen and oxygen atoms in total. The molecular weight excluding hydrogens is 545 g/mol. The van der Waals surface area contributed by atoms with Crippen molar-refractivity contribution in [3.05, 3.63) is 96.1 Å². The first-order valence-corrected chi connectivity index (χ1v) is 12.9. The lowest BCUT2D eigenvalue weighted by atomic mass is 10.1. The summed E-state index contributed by atoms with van der Waals surface area (Å²) in [4.78, 5) is 25.5. The number of allylic oxidation sites excluding steroid dienone is 2. The standard InChI is InChI=1S/C30H21F3N8O/c31-30(32,33)21-7-3-19(4-8-21)29(42)39-22-9-5-18(6-10-22)26-25-27(35)37-16-38-28(25)41(40-26)23-11-12-36-24(14-23)20(15-34)13-17-1-2-17/h3-14,16-17H,1-2H2,(H,39,42)(H2,35,37,38)/b20-13+. The topological polar surface area (TPSA) is 135 Å². The molecule has 3 N–H and O–H groups in total. The molecule has 12 heteroatoms. The molecule has 3 aromatic heterocycles. The number of pyridine rings is 1. The third-order valence-electron chi connectivity index (χ3n) is 6.79. The smallest absolute Gasteiger partial charge is 0.383 e. The number of nitriles is 1. The van der Waals surface area contributed by atoms with Crippen molar-refractivity contribution in [2.75, 3.05) is 11.1 Å². The van der Waals surface area contributed by atoms with E-state index in [1.165, 1.54) is 6.33 Å². The van der Waals surface area contributed by atoms with E-state index in [1.54, 1.807) is 47.3 Å². The van der Waals surface area contributed by atoms with Crippen molar-refractivity contribution < 1.29 is 18.0 Å². The predicted octanol–water partition coefficient (Wildman–Crippen LogP) is 6.05. The summed E-state index contributed by atoms with van der Waals surface area (Å²) in [7, 11) is 0. The van der Waals surface area contributed by atoms with Crippen LogP contribution in [0.15, 0.2) is 79.3 Å². The molecule has 208 valence electrons. The van der Waals surface area contributed by atoms with Crippen LogP contribution in [0, 0.1) is 17.2 Å². The second-order valence-electron chi connectivity index (χ2n) is 9.75. The minimum Gasteiger partial charge on any atom is -0.383 e. The van der Waals surface area contributed by atoms with Crippen molar-refractivity contribution in [2.45, 2.75) is 19.0 Å². The summed E-state index contributed by atoms with van der Waals surface area (Å²) in [6.07, 6.45) is 2.53. The average Bonchev–Trinajstić information content (AvgIpc) is 3.73. The third kappa shape index (κ3) is 5.27. The predicted molar refractivity (Wildman–Crippen MR) is 150 cm³/mol. The summed E-state index contributed by atoms with van der Waals surface area (Å²) in [6, 6.07) is 16.5. The van der Waals surface area contributed by atoms with Crippen LogP contribution in [0.5, 0.6) is 0 Å². The number of rotatable bonds is 6. The van der Waals surface area contributed by atoms with Crippen LogP contribution in [0.1, 0.15) is 34.5 Å². The van der Waals surface area contributed by atoms with Crippen LogP contribution >= 0.6 is 0 Å². The number of nitrogens with one attached hydrogen (secondary N) is 1. The first-order valence-electron chi connectivity index (χ1n) is 12.9. The highest BCUT2D eigenvalue weighted by Gasteiger charge is 2.30. The molecule has 0 spiro atoms. The van der Waals surface area contributed by atoms with Crippen LogP contribution in [0.2, 0.25) is 0 Å². The highest BCUT2D eigenvalue weighted by molar-refractivity contribution is 6.04. The number of benzene rings is 2. The van der Waals surface area contributed by atoms with Gasteiger partial charge in [-0.3, -0.25) is 9.78 Å². The molecule has 6 rings (SSSR count).